The molecule has 1 N–H and O–H groups in total. The molecule has 8 heteroatoms. The number of carbonyl (C=O) groups is 2. The van der Waals surface area contributed by atoms with Crippen LogP contribution in [0.15, 0.2) is 42.9 Å². The summed E-state index contributed by atoms with van der Waals surface area (Å²) in [4.78, 5) is 32.4. The van der Waals surface area contributed by atoms with Gasteiger partial charge in [-0.15, -0.1) is 0 Å². The number of benzene rings is 1. The number of halogens is 1. The highest BCUT2D eigenvalue weighted by atomic mass is 19.1. The minimum Gasteiger partial charge on any atom is -0.479 e. The largest absolute Gasteiger partial charge is 0.479 e. The molecule has 24 heavy (non-hydrogen) atoms. The zero-order chi connectivity index (χ0) is 17.2. The summed E-state index contributed by atoms with van der Waals surface area (Å²) in [5, 5.41) is 8.91. The molecule has 0 saturated carbocycles. The molecule has 1 fully saturated rings. The Morgan fingerprint density at radius 2 is 2.17 bits per heavy atom. The molecule has 1 unspecified atom stereocenters. The predicted octanol–water partition coefficient (Wildman–Crippen LogP) is 1.91. The fraction of sp³-hybridized carbons (Fsp3) is 0.250. The first-order valence-corrected chi connectivity index (χ1v) is 7.23. The minimum absolute atomic E-state index is 0.0525. The maximum Gasteiger partial charge on any atom is 0.343 e. The van der Waals surface area contributed by atoms with E-state index in [1.54, 1.807) is 18.2 Å². The number of hydrogen-bond acceptors (Lipinski definition) is 5. The fourth-order valence-electron chi connectivity index (χ4n) is 2.45. The van der Waals surface area contributed by atoms with Crippen molar-refractivity contribution in [1.82, 2.24) is 14.9 Å². The average Bonchev–Trinajstić information content (AvgIpc) is 2.99. The van der Waals surface area contributed by atoms with Gasteiger partial charge in [0.25, 0.3) is 5.91 Å². The van der Waals surface area contributed by atoms with Crippen LogP contribution in [0.4, 0.5) is 4.39 Å². The molecule has 124 valence electrons. The molecule has 1 amide bonds. The number of nitrogens with zero attached hydrogens (tertiary/aromatic N) is 3. The van der Waals surface area contributed by atoms with Crippen LogP contribution in [-0.2, 0) is 4.79 Å². The third-order valence-corrected chi connectivity index (χ3v) is 3.73. The summed E-state index contributed by atoms with van der Waals surface area (Å²) >= 11 is 0. The second-order valence-electron chi connectivity index (χ2n) is 5.42. The number of carbonyl (C=O) groups excluding carboxylic acids is 1. The number of carboxylic acid groups (broad SMARTS) is 1. The van der Waals surface area contributed by atoms with Gasteiger partial charge < -0.3 is 14.7 Å². The Labute approximate surface area is 136 Å². The molecule has 0 spiro atoms. The van der Waals surface area contributed by atoms with Gasteiger partial charge in [0, 0.05) is 30.9 Å². The SMILES string of the molecule is O=C(c1cccc(Oc2cnccn2)c1)N1CCC(F)(C(=O)O)C1. The lowest BCUT2D eigenvalue weighted by atomic mass is 10.1. The lowest BCUT2D eigenvalue weighted by Gasteiger charge is -2.18. The standard InChI is InChI=1S/C16H14FN3O4/c17-16(15(22)23)4-7-20(10-16)14(21)11-2-1-3-12(8-11)24-13-9-18-5-6-19-13/h1-3,5-6,8-9H,4,7,10H2,(H,22,23). The Kier molecular flexibility index (Phi) is 4.11. The van der Waals surface area contributed by atoms with Gasteiger partial charge in [0.1, 0.15) is 5.75 Å². The van der Waals surface area contributed by atoms with Gasteiger partial charge in [0.2, 0.25) is 11.5 Å². The van der Waals surface area contributed by atoms with E-state index in [0.717, 1.165) is 0 Å². The third-order valence-electron chi connectivity index (χ3n) is 3.73. The van der Waals surface area contributed by atoms with Crippen LogP contribution >= 0.6 is 0 Å². The van der Waals surface area contributed by atoms with Crippen molar-refractivity contribution in [2.24, 2.45) is 0 Å². The molecule has 1 aliphatic rings. The number of carboxylic acids is 1. The molecule has 1 aromatic heterocycles. The monoisotopic (exact) mass is 331 g/mol. The highest BCUT2D eigenvalue weighted by Gasteiger charge is 2.47. The molecule has 3 rings (SSSR count). The van der Waals surface area contributed by atoms with Crippen molar-refractivity contribution < 1.29 is 23.8 Å². The smallest absolute Gasteiger partial charge is 0.343 e. The van der Waals surface area contributed by atoms with Crippen LogP contribution in [0.1, 0.15) is 16.8 Å². The van der Waals surface area contributed by atoms with Gasteiger partial charge in [-0.3, -0.25) is 9.78 Å². The molecule has 1 aliphatic heterocycles. The molecule has 2 aromatic rings. The third kappa shape index (κ3) is 3.17. The summed E-state index contributed by atoms with van der Waals surface area (Å²) in [6.45, 7) is -0.409. The van der Waals surface area contributed by atoms with Crippen LogP contribution in [0.2, 0.25) is 0 Å². The number of likely N-dealkylation sites (tertiary alicyclic amines) is 1. The van der Waals surface area contributed by atoms with E-state index < -0.39 is 24.1 Å². The van der Waals surface area contributed by atoms with E-state index in [1.165, 1.54) is 29.6 Å². The Hall–Kier alpha value is -3.03. The molecule has 1 aromatic carbocycles. The molecule has 2 heterocycles. The minimum atomic E-state index is -2.39. The summed E-state index contributed by atoms with van der Waals surface area (Å²) < 4.78 is 19.6. The number of hydrogen-bond donors (Lipinski definition) is 1. The van der Waals surface area contributed by atoms with Gasteiger partial charge >= 0.3 is 5.97 Å². The predicted molar refractivity (Wildman–Crippen MR) is 80.5 cm³/mol. The van der Waals surface area contributed by atoms with Gasteiger partial charge in [-0.1, -0.05) is 6.07 Å². The normalized spacial score (nSPS) is 20.0. The number of ether oxygens (including phenoxy) is 1. The Balaban J connectivity index is 1.74. The molecule has 0 radical (unpaired) electrons. The topological polar surface area (TPSA) is 92.6 Å². The molecule has 7 nitrogen and oxygen atoms in total. The summed E-state index contributed by atoms with van der Waals surface area (Å²) in [5.41, 5.74) is -2.10. The van der Waals surface area contributed by atoms with Gasteiger partial charge in [-0.05, 0) is 18.2 Å². The first-order chi connectivity index (χ1) is 11.5. The van der Waals surface area contributed by atoms with E-state index in [-0.39, 0.29) is 24.4 Å². The zero-order valence-corrected chi connectivity index (χ0v) is 12.6. The number of alkyl halides is 1. The lowest BCUT2D eigenvalue weighted by molar-refractivity contribution is -0.149. The maximum absolute atomic E-state index is 14.1. The van der Waals surface area contributed by atoms with E-state index in [9.17, 15) is 14.0 Å². The molecular formula is C16H14FN3O4. The van der Waals surface area contributed by atoms with Gasteiger partial charge in [0.05, 0.1) is 12.7 Å². The molecule has 1 saturated heterocycles. The van der Waals surface area contributed by atoms with Gasteiger partial charge in [-0.25, -0.2) is 14.2 Å². The Bertz CT molecular complexity index is 771. The van der Waals surface area contributed by atoms with Crippen LogP contribution in [0, 0.1) is 0 Å². The summed E-state index contributed by atoms with van der Waals surface area (Å²) in [6.07, 6.45) is 4.19. The summed E-state index contributed by atoms with van der Waals surface area (Å²) in [6, 6.07) is 6.32. The van der Waals surface area contributed by atoms with E-state index in [1.807, 2.05) is 0 Å². The molecular weight excluding hydrogens is 317 g/mol. The molecule has 1 atom stereocenters. The quantitative estimate of drug-likeness (QED) is 0.920. The van der Waals surface area contributed by atoms with Gasteiger partial charge in [-0.2, -0.15) is 0 Å². The van der Waals surface area contributed by atoms with Crippen LogP contribution in [0.3, 0.4) is 0 Å². The van der Waals surface area contributed by atoms with Gasteiger partial charge in [0.15, 0.2) is 0 Å². The van der Waals surface area contributed by atoms with E-state index in [0.29, 0.717) is 5.75 Å². The summed E-state index contributed by atoms with van der Waals surface area (Å²) in [5.74, 6) is -1.33. The lowest BCUT2D eigenvalue weighted by Crippen LogP contribution is -2.38. The second-order valence-corrected chi connectivity index (χ2v) is 5.42. The van der Waals surface area contributed by atoms with Crippen LogP contribution < -0.4 is 4.74 Å². The van der Waals surface area contributed by atoms with Crippen molar-refractivity contribution >= 4 is 11.9 Å². The van der Waals surface area contributed by atoms with Crippen molar-refractivity contribution in [3.05, 3.63) is 48.4 Å². The number of aromatic nitrogens is 2. The first kappa shape index (κ1) is 15.9. The van der Waals surface area contributed by atoms with Crippen LogP contribution in [0.5, 0.6) is 11.6 Å². The Morgan fingerprint density at radius 3 is 2.83 bits per heavy atom. The number of amides is 1. The highest BCUT2D eigenvalue weighted by molar-refractivity contribution is 5.95. The van der Waals surface area contributed by atoms with E-state index in [4.69, 9.17) is 9.84 Å². The maximum atomic E-state index is 14.1. The van der Waals surface area contributed by atoms with Crippen LogP contribution in [0.25, 0.3) is 0 Å². The fourth-order valence-corrected chi connectivity index (χ4v) is 2.45. The van der Waals surface area contributed by atoms with Crippen molar-refractivity contribution in [3.8, 4) is 11.6 Å². The van der Waals surface area contributed by atoms with E-state index in [2.05, 4.69) is 9.97 Å². The zero-order valence-electron chi connectivity index (χ0n) is 12.6. The average molecular weight is 331 g/mol. The molecule has 0 bridgehead atoms. The van der Waals surface area contributed by atoms with Crippen molar-refractivity contribution in [2.75, 3.05) is 13.1 Å². The number of rotatable bonds is 4. The highest BCUT2D eigenvalue weighted by Crippen LogP contribution is 2.28. The Morgan fingerprint density at radius 1 is 1.33 bits per heavy atom. The molecule has 0 aliphatic carbocycles. The first-order valence-electron chi connectivity index (χ1n) is 7.23. The summed E-state index contributed by atoms with van der Waals surface area (Å²) in [7, 11) is 0. The van der Waals surface area contributed by atoms with Crippen molar-refractivity contribution in [1.29, 1.82) is 0 Å². The number of aliphatic carboxylic acids is 1. The van der Waals surface area contributed by atoms with Crippen LogP contribution in [-0.4, -0.2) is 50.6 Å². The van der Waals surface area contributed by atoms with Crippen molar-refractivity contribution in [2.45, 2.75) is 12.1 Å². The van der Waals surface area contributed by atoms with E-state index >= 15 is 0 Å². The second kappa shape index (κ2) is 6.23. The van der Waals surface area contributed by atoms with Crippen molar-refractivity contribution in [3.63, 3.8) is 0 Å².